The van der Waals surface area contributed by atoms with Gasteiger partial charge in [-0.25, -0.2) is 0 Å². The number of aliphatic hydroxyl groups is 24. The van der Waals surface area contributed by atoms with E-state index in [0.29, 0.717) is 55.2 Å². The molecule has 30 atom stereocenters. The van der Waals surface area contributed by atoms with Gasteiger partial charge in [0.1, 0.15) is 146 Å². The maximum Gasteiger partial charge on any atom is 0.186 e. The molecule has 6 saturated heterocycles. The van der Waals surface area contributed by atoms with Crippen molar-refractivity contribution in [2.24, 2.45) is 16.2 Å². The molecule has 0 bridgehead atoms. The third kappa shape index (κ3) is 38.3. The van der Waals surface area contributed by atoms with Crippen molar-refractivity contribution in [3.63, 3.8) is 0 Å². The minimum Gasteiger partial charge on any atom is -0.394 e. The Morgan fingerprint density at radius 3 is 0.459 bits per heavy atom. The Hall–Kier alpha value is -2.22. The summed E-state index contributed by atoms with van der Waals surface area (Å²) in [7, 11) is 0. The van der Waals surface area contributed by atoms with Crippen molar-refractivity contribution in [3.8, 4) is 0 Å². The lowest BCUT2D eigenvalue weighted by molar-refractivity contribution is -0.318. The van der Waals surface area contributed by atoms with Crippen LogP contribution in [-0.2, 0) is 76.1 Å². The fraction of sp³-hybridized carbons (Fsp3) is 0.939. The van der Waals surface area contributed by atoms with E-state index in [1.807, 2.05) is 18.2 Å². The topological polar surface area (TPSA) is 596 Å². The van der Waals surface area contributed by atoms with Crippen LogP contribution in [0.4, 0.5) is 0 Å². The first-order valence-electron chi connectivity index (χ1n) is 51.6. The molecule has 1 aromatic carbocycles. The van der Waals surface area contributed by atoms with Gasteiger partial charge in [0.15, 0.2) is 37.7 Å². The smallest absolute Gasteiger partial charge is 0.186 e. The van der Waals surface area contributed by atoms with Crippen molar-refractivity contribution < 1.29 is 179 Å². The SMILES string of the molecule is CCCCCCCCCCCCCCCC(CO[C@@H]1OC(CO)[C@@H](O)[C@H](O)C1O)(CO[C@@H]1OC(CO)[C@@H](O)[C@H](O)C1O)Cc1cc(CC(CCCCCCCCCCCCCCC)(CO[C@@H]2OC(CO)[C@@H](O)[C@H](O)C2O)CO[C@@H]2OC(CO)[C@@H](O)[C@H](O)C2O)cc(CC(CCCCCCCCCCCCCCC)(CO[C@@H]2OC(CO)[C@@H](O)[C@H](O)C2O)CO[C@@H]2OC(CO)[C@@H](O)[C@H](O)C2O)c1. The van der Waals surface area contributed by atoms with Gasteiger partial charge in [-0.1, -0.05) is 289 Å². The molecule has 24 N–H and O–H groups in total. The van der Waals surface area contributed by atoms with Gasteiger partial charge in [0.25, 0.3) is 0 Å². The highest BCUT2D eigenvalue weighted by Crippen LogP contribution is 2.43. The second-order valence-corrected chi connectivity index (χ2v) is 40.2. The molecule has 135 heavy (non-hydrogen) atoms. The Bertz CT molecular complexity index is 2720. The van der Waals surface area contributed by atoms with Crippen LogP contribution in [0.25, 0.3) is 0 Å². The van der Waals surface area contributed by atoms with Gasteiger partial charge in [0.05, 0.1) is 79.3 Å². The number of hydrogen-bond acceptors (Lipinski definition) is 36. The lowest BCUT2D eigenvalue weighted by Crippen LogP contribution is -2.60. The molecule has 0 radical (unpaired) electrons. The standard InChI is InChI=1S/C99H180O36/c1-4-7-10-13-16-19-22-25-28-31-34-37-40-43-97(58-124-91-85(118)79(112)73(106)67(52-100)130-91,59-125-92-86(119)80(113)74(107)68(53-101)131-92)49-64-46-65(50-98(60-126-93-87(120)81(114)75(108)69(54-102)132-93,61-127-94-88(121)82(115)76(109)70(55-103)133-94)44-41-38-35-32-29-26-23-20-17-14-11-8-5-2)48-66(47-64)51-99(62-128-95-89(122)83(116)77(110)71(56-104)134-95,63-129-96-90(123)84(117)78(111)72(57-105)135-96)45-42-39-36-33-30-27-24-21-18-15-12-9-6-3/h46-48,67-96,100-123H,4-45,49-63H2,1-3H3/t67?,68?,69?,70?,71?,72?,73-,74-,75-,76-,77-,78-,79+,80+,81+,82+,83+,84+,85?,86?,87?,88?,89?,90?,91-,92-,93-,94-,95-,96-,97?,98?,99?/m1/s1. The molecule has 6 aliphatic heterocycles. The van der Waals surface area contributed by atoms with Crippen LogP contribution >= 0.6 is 0 Å². The minimum atomic E-state index is -1.94. The third-order valence-corrected chi connectivity index (χ3v) is 28.7. The van der Waals surface area contributed by atoms with Crippen LogP contribution in [-0.4, -0.2) is 386 Å². The summed E-state index contributed by atoms with van der Waals surface area (Å²) in [6.07, 6.45) is -14.8. The van der Waals surface area contributed by atoms with E-state index in [2.05, 4.69) is 20.8 Å². The predicted octanol–water partition coefficient (Wildman–Crippen LogP) is 3.62. The first-order chi connectivity index (χ1) is 65.0. The number of ether oxygens (including phenoxy) is 12. The molecule has 0 aromatic heterocycles. The van der Waals surface area contributed by atoms with Crippen molar-refractivity contribution in [2.75, 3.05) is 79.3 Å². The summed E-state index contributed by atoms with van der Waals surface area (Å²) in [5.74, 6) is 0. The van der Waals surface area contributed by atoms with Gasteiger partial charge < -0.3 is 179 Å². The molecule has 6 aliphatic rings. The number of rotatable bonds is 72. The van der Waals surface area contributed by atoms with Gasteiger partial charge in [-0.3, -0.25) is 0 Å². The van der Waals surface area contributed by atoms with E-state index in [0.717, 1.165) is 154 Å². The van der Waals surface area contributed by atoms with Crippen molar-refractivity contribution in [3.05, 3.63) is 34.9 Å². The van der Waals surface area contributed by atoms with Crippen LogP contribution in [0.5, 0.6) is 0 Å². The van der Waals surface area contributed by atoms with E-state index in [1.165, 1.54) is 57.8 Å². The zero-order valence-corrected chi connectivity index (χ0v) is 81.0. The van der Waals surface area contributed by atoms with Crippen molar-refractivity contribution in [1.29, 1.82) is 0 Å². The van der Waals surface area contributed by atoms with Gasteiger partial charge in [0.2, 0.25) is 0 Å². The van der Waals surface area contributed by atoms with Crippen LogP contribution in [0, 0.1) is 16.2 Å². The van der Waals surface area contributed by atoms with Gasteiger partial charge in [-0.05, 0) is 55.2 Å². The molecule has 0 spiro atoms. The average molecular weight is 1950 g/mol. The number of aliphatic hydroxyl groups excluding tert-OH is 24. The number of benzene rings is 1. The summed E-state index contributed by atoms with van der Waals surface area (Å²) in [4.78, 5) is 0. The molecule has 1 aromatic rings. The zero-order valence-electron chi connectivity index (χ0n) is 81.0. The first-order valence-corrected chi connectivity index (χ1v) is 51.6. The van der Waals surface area contributed by atoms with E-state index in [-0.39, 0.29) is 38.5 Å². The molecule has 12 unspecified atom stereocenters. The number of hydrogen-bond donors (Lipinski definition) is 24. The summed E-state index contributed by atoms with van der Waals surface area (Å²) in [6.45, 7) is -1.25. The van der Waals surface area contributed by atoms with Gasteiger partial charge >= 0.3 is 0 Å². The van der Waals surface area contributed by atoms with Crippen LogP contribution < -0.4 is 0 Å². The molecule has 792 valence electrons. The van der Waals surface area contributed by atoms with Crippen molar-refractivity contribution in [2.45, 2.75) is 494 Å². The maximum atomic E-state index is 11.8. The fourth-order valence-electron chi connectivity index (χ4n) is 19.9. The Morgan fingerprint density at radius 1 is 0.193 bits per heavy atom. The lowest BCUT2D eigenvalue weighted by atomic mass is 9.74. The zero-order chi connectivity index (χ0) is 98.5. The minimum absolute atomic E-state index is 0.149. The molecule has 0 saturated carbocycles. The molecular formula is C99H180O36. The molecule has 6 fully saturated rings. The summed E-state index contributed by atoms with van der Waals surface area (Å²) < 4.78 is 76.5. The molecule has 36 heteroatoms. The fourth-order valence-corrected chi connectivity index (χ4v) is 19.9. The molecule has 0 aliphatic carbocycles. The molecule has 36 nitrogen and oxygen atoms in total. The van der Waals surface area contributed by atoms with E-state index in [1.54, 1.807) is 0 Å². The van der Waals surface area contributed by atoms with Crippen LogP contribution in [0.3, 0.4) is 0 Å². The second kappa shape index (κ2) is 64.6. The Morgan fingerprint density at radius 2 is 0.326 bits per heavy atom. The van der Waals surface area contributed by atoms with E-state index in [9.17, 15) is 123 Å². The highest BCUT2D eigenvalue weighted by Gasteiger charge is 2.53. The highest BCUT2D eigenvalue weighted by molar-refractivity contribution is 5.33. The Balaban J connectivity index is 1.49. The number of unbranched alkanes of at least 4 members (excludes halogenated alkanes) is 36. The predicted molar refractivity (Wildman–Crippen MR) is 494 cm³/mol. The molecule has 0 amide bonds. The second-order valence-electron chi connectivity index (χ2n) is 40.2. The maximum absolute atomic E-state index is 11.8. The summed E-state index contributed by atoms with van der Waals surface area (Å²) in [5, 5.41) is 269. The molecule has 6 heterocycles. The summed E-state index contributed by atoms with van der Waals surface area (Å²) >= 11 is 0. The first kappa shape index (κ1) is 120. The van der Waals surface area contributed by atoms with Crippen molar-refractivity contribution >= 4 is 0 Å². The van der Waals surface area contributed by atoms with Crippen LogP contribution in [0.15, 0.2) is 18.2 Å². The van der Waals surface area contributed by atoms with Gasteiger partial charge in [0, 0.05) is 16.2 Å². The largest absolute Gasteiger partial charge is 0.394 e. The third-order valence-electron chi connectivity index (χ3n) is 28.7. The van der Waals surface area contributed by atoms with Crippen molar-refractivity contribution in [1.82, 2.24) is 0 Å². The van der Waals surface area contributed by atoms with Gasteiger partial charge in [-0.15, -0.1) is 0 Å². The lowest BCUT2D eigenvalue weighted by Gasteiger charge is -2.44. The van der Waals surface area contributed by atoms with E-state index >= 15 is 0 Å². The molecular weight excluding hydrogens is 1770 g/mol. The van der Waals surface area contributed by atoms with E-state index < -0.39 is 280 Å². The van der Waals surface area contributed by atoms with Crippen LogP contribution in [0.1, 0.15) is 307 Å². The Labute approximate surface area is 800 Å². The quantitative estimate of drug-likeness (QED) is 0.0414. The average Bonchev–Trinajstić information content (AvgIpc) is 0.782. The van der Waals surface area contributed by atoms with Crippen LogP contribution in [0.2, 0.25) is 0 Å². The highest BCUT2D eigenvalue weighted by atomic mass is 16.7. The molecule has 7 rings (SSSR count). The summed E-state index contributed by atoms with van der Waals surface area (Å²) in [6, 6.07) is 5.56. The normalized spacial score (nSPS) is 34.0. The summed E-state index contributed by atoms with van der Waals surface area (Å²) in [5.41, 5.74) is -3.07. The monoisotopic (exact) mass is 1950 g/mol. The van der Waals surface area contributed by atoms with Gasteiger partial charge in [-0.2, -0.15) is 0 Å². The Kier molecular flexibility index (Phi) is 57.3. The van der Waals surface area contributed by atoms with E-state index in [4.69, 9.17) is 56.8 Å².